The van der Waals surface area contributed by atoms with Crippen LogP contribution in [-0.4, -0.2) is 57.4 Å². The number of halogens is 6. The van der Waals surface area contributed by atoms with Crippen molar-refractivity contribution in [3.63, 3.8) is 0 Å². The Morgan fingerprint density at radius 1 is 0.800 bits per heavy atom. The number of fused-ring (bicyclic) bond motifs is 1. The first-order valence-corrected chi connectivity index (χ1v) is 8.00. The molecule has 1 aromatic heterocycles. The first kappa shape index (κ1) is 25.6. The number of carbonyl (C=O) groups excluding carboxylic acids is 2. The number of imidazole rings is 1. The maximum Gasteiger partial charge on any atom is 1.00 e. The van der Waals surface area contributed by atoms with Crippen molar-refractivity contribution in [3.8, 4) is 0 Å². The van der Waals surface area contributed by atoms with Gasteiger partial charge in [0.25, 0.3) is 0 Å². The Labute approximate surface area is 177 Å². The van der Waals surface area contributed by atoms with Crippen LogP contribution in [0.5, 0.6) is 0 Å². The Hall–Kier alpha value is -2.46. The number of benzene rings is 1. The molecule has 1 aromatic carbocycles. The topological polar surface area (TPSA) is 79.9 Å². The van der Waals surface area contributed by atoms with E-state index in [0.29, 0.717) is 26.4 Å². The van der Waals surface area contributed by atoms with Crippen LogP contribution in [0.2, 0.25) is 0 Å². The third-order valence-corrected chi connectivity index (χ3v) is 3.36. The monoisotopic (exact) mass is 436 g/mol. The molecule has 8 nitrogen and oxygen atoms in total. The molecule has 0 amide bonds. The number of para-hydroxylation sites is 2. The van der Waals surface area contributed by atoms with E-state index in [1.165, 1.54) is 12.1 Å². The SMILES string of the molecule is F[B-](F)(F)n1c[n+]([B-](F)(F)F)c2ccccc21.O=C1OCCO1.O=C1OCCO1.[Li+]. The summed E-state index contributed by atoms with van der Waals surface area (Å²) in [5, 5.41) is 0. The Balaban J connectivity index is 0.000000283. The number of carbonyl (C=O) groups is 2. The van der Waals surface area contributed by atoms with Gasteiger partial charge in [-0.25, -0.2) is 9.59 Å². The van der Waals surface area contributed by atoms with Gasteiger partial charge in [-0.2, -0.15) is 0 Å². The van der Waals surface area contributed by atoms with Gasteiger partial charge in [-0.1, -0.05) is 12.1 Å². The van der Waals surface area contributed by atoms with Gasteiger partial charge in [-0.05, 0) is 12.1 Å². The summed E-state index contributed by atoms with van der Waals surface area (Å²) in [6, 6.07) is 4.52. The minimum atomic E-state index is -5.54. The minimum Gasteiger partial charge on any atom is -0.431 e. The van der Waals surface area contributed by atoms with E-state index in [1.807, 2.05) is 0 Å². The Kier molecular flexibility index (Phi) is 8.98. The van der Waals surface area contributed by atoms with Gasteiger partial charge < -0.3 is 53.8 Å². The molecule has 0 bridgehead atoms. The van der Waals surface area contributed by atoms with Crippen molar-refractivity contribution in [1.29, 1.82) is 0 Å². The first-order chi connectivity index (χ1) is 13.5. The maximum atomic E-state index is 12.6. The van der Waals surface area contributed by atoms with Gasteiger partial charge in [0.15, 0.2) is 6.33 Å². The molecule has 0 unspecified atom stereocenters. The van der Waals surface area contributed by atoms with Gasteiger partial charge in [0.05, 0.1) is 0 Å². The number of nitrogens with zero attached hydrogens (tertiary/aromatic N) is 2. The van der Waals surface area contributed by atoms with E-state index < -0.39 is 37.6 Å². The van der Waals surface area contributed by atoms with Crippen LogP contribution in [0, 0.1) is 0 Å². The van der Waals surface area contributed by atoms with Gasteiger partial charge in [-0.15, -0.1) is 0 Å². The van der Waals surface area contributed by atoms with Crippen molar-refractivity contribution >= 4 is 37.6 Å². The zero-order valence-corrected chi connectivity index (χ0v) is 15.5. The molecule has 30 heavy (non-hydrogen) atoms. The summed E-state index contributed by atoms with van der Waals surface area (Å²) in [7, 11) is -11.1. The summed E-state index contributed by atoms with van der Waals surface area (Å²) in [6.45, 7) is 1.66. The zero-order chi connectivity index (χ0) is 21.7. The van der Waals surface area contributed by atoms with Gasteiger partial charge in [0.1, 0.15) is 37.5 Å². The van der Waals surface area contributed by atoms with Crippen molar-refractivity contribution in [2.75, 3.05) is 26.4 Å². The fraction of sp³-hybridized carbons (Fsp3) is 0.308. The number of ether oxygens (including phenoxy) is 4. The smallest absolute Gasteiger partial charge is 0.431 e. The van der Waals surface area contributed by atoms with E-state index >= 15 is 0 Å². The minimum absolute atomic E-state index is 0. The molecule has 2 aliphatic heterocycles. The molecule has 3 heterocycles. The molecule has 0 atom stereocenters. The molecule has 160 valence electrons. The molecule has 0 radical (unpaired) electrons. The standard InChI is InChI=1S/C7H5B2F6N2.2C3H4O3.Li/c10-8(11,12)16-5-17(9(13,14)15)7-4-2-1-3-6(7)16;2*4-3-5-1-2-6-3;/h1-5H;2*1-2H2;/q-1;;;+1. The predicted molar refractivity (Wildman–Crippen MR) is 85.7 cm³/mol. The number of cyclic esters (lactones) is 4. The second kappa shape index (κ2) is 10.5. The second-order valence-corrected chi connectivity index (χ2v) is 5.39. The number of rotatable bonds is 2. The van der Waals surface area contributed by atoms with Crippen LogP contribution < -0.4 is 23.3 Å². The quantitative estimate of drug-likeness (QED) is 0.364. The fourth-order valence-electron chi connectivity index (χ4n) is 2.21. The molecule has 2 aliphatic rings. The molecular formula is C13H13B2F6LiN2O6. The van der Waals surface area contributed by atoms with Gasteiger partial charge in [0, 0.05) is 0 Å². The number of hydrogen-bond acceptors (Lipinski definition) is 6. The molecule has 2 aromatic rings. The van der Waals surface area contributed by atoms with Crippen LogP contribution in [0.15, 0.2) is 30.6 Å². The molecule has 0 saturated carbocycles. The zero-order valence-electron chi connectivity index (χ0n) is 15.5. The molecule has 0 aliphatic carbocycles. The first-order valence-electron chi connectivity index (χ1n) is 8.00. The Bertz CT molecular complexity index is 794. The van der Waals surface area contributed by atoms with Crippen molar-refractivity contribution in [2.24, 2.45) is 0 Å². The van der Waals surface area contributed by atoms with E-state index in [1.54, 1.807) is 0 Å². The van der Waals surface area contributed by atoms with E-state index in [-0.39, 0.29) is 34.1 Å². The second-order valence-electron chi connectivity index (χ2n) is 5.39. The normalized spacial score (nSPS) is 15.4. The largest absolute Gasteiger partial charge is 1.00 e. The van der Waals surface area contributed by atoms with Crippen LogP contribution in [0.1, 0.15) is 0 Å². The average Bonchev–Trinajstić information content (AvgIpc) is 3.35. The van der Waals surface area contributed by atoms with E-state index in [9.17, 15) is 35.5 Å². The van der Waals surface area contributed by atoms with Gasteiger partial charge in [-0.3, -0.25) is 0 Å². The van der Waals surface area contributed by atoms with Crippen LogP contribution in [0.25, 0.3) is 11.0 Å². The van der Waals surface area contributed by atoms with Crippen molar-refractivity contribution < 1.29 is 77.8 Å². The molecule has 2 saturated heterocycles. The number of aromatic nitrogens is 2. The molecule has 0 N–H and O–H groups in total. The Morgan fingerprint density at radius 2 is 1.23 bits per heavy atom. The third kappa shape index (κ3) is 7.10. The van der Waals surface area contributed by atoms with E-state index in [0.717, 1.165) is 12.1 Å². The summed E-state index contributed by atoms with van der Waals surface area (Å²) in [5.41, 5.74) is -1.00. The summed E-state index contributed by atoms with van der Waals surface area (Å²) in [5.74, 6) is 0. The van der Waals surface area contributed by atoms with Gasteiger partial charge in [0.2, 0.25) is 0 Å². The molecular weight excluding hydrogens is 423 g/mol. The predicted octanol–water partition coefficient (Wildman–Crippen LogP) is -0.376. The summed E-state index contributed by atoms with van der Waals surface area (Å²) >= 11 is 0. The van der Waals surface area contributed by atoms with Gasteiger partial charge >= 0.3 is 45.4 Å². The Morgan fingerprint density at radius 3 is 1.57 bits per heavy atom. The van der Waals surface area contributed by atoms with Crippen LogP contribution in [0.4, 0.5) is 35.5 Å². The number of hydrogen-bond donors (Lipinski definition) is 0. The van der Waals surface area contributed by atoms with Crippen LogP contribution in [0.3, 0.4) is 0 Å². The van der Waals surface area contributed by atoms with Crippen molar-refractivity contribution in [1.82, 2.24) is 4.48 Å². The third-order valence-electron chi connectivity index (χ3n) is 3.36. The molecule has 2 fully saturated rings. The molecule has 0 spiro atoms. The molecule has 17 heteroatoms. The average molecular weight is 436 g/mol. The summed E-state index contributed by atoms with van der Waals surface area (Å²) < 4.78 is 92.0. The van der Waals surface area contributed by atoms with E-state index in [2.05, 4.69) is 18.9 Å². The summed E-state index contributed by atoms with van der Waals surface area (Å²) in [4.78, 5) is 19.6. The van der Waals surface area contributed by atoms with E-state index in [4.69, 9.17) is 0 Å². The van der Waals surface area contributed by atoms with Crippen LogP contribution in [-0.2, 0) is 18.9 Å². The molecule has 4 rings (SSSR count). The van der Waals surface area contributed by atoms with Crippen LogP contribution >= 0.6 is 0 Å². The maximum absolute atomic E-state index is 12.6. The summed E-state index contributed by atoms with van der Waals surface area (Å²) in [6.07, 6.45) is -1.05. The van der Waals surface area contributed by atoms with Crippen molar-refractivity contribution in [2.45, 2.75) is 0 Å². The van der Waals surface area contributed by atoms with Crippen molar-refractivity contribution in [3.05, 3.63) is 30.6 Å². The fourth-order valence-corrected chi connectivity index (χ4v) is 2.21.